The van der Waals surface area contributed by atoms with Crippen molar-refractivity contribution in [3.05, 3.63) is 128 Å². The highest BCUT2D eigenvalue weighted by Gasteiger charge is 2.35. The maximum absolute atomic E-state index is 14.6. The fourth-order valence-electron chi connectivity index (χ4n) is 4.92. The Morgan fingerprint density at radius 3 is 2.09 bits per heavy atom. The van der Waals surface area contributed by atoms with Gasteiger partial charge in [0.1, 0.15) is 12.6 Å². The predicted molar refractivity (Wildman–Crippen MR) is 191 cm³/mol. The summed E-state index contributed by atoms with van der Waals surface area (Å²) >= 11 is 25.6. The van der Waals surface area contributed by atoms with Crippen molar-refractivity contribution in [2.75, 3.05) is 17.4 Å². The Labute approximate surface area is 296 Å². The van der Waals surface area contributed by atoms with Gasteiger partial charge in [0.05, 0.1) is 20.6 Å². The van der Waals surface area contributed by atoms with E-state index in [1.165, 1.54) is 35.2 Å². The molecule has 0 heterocycles. The number of rotatable bonds is 14. The van der Waals surface area contributed by atoms with Gasteiger partial charge in [0.25, 0.3) is 10.0 Å². The van der Waals surface area contributed by atoms with Gasteiger partial charge in [0, 0.05) is 35.1 Å². The summed E-state index contributed by atoms with van der Waals surface area (Å²) in [5.41, 5.74) is 2.21. The number of aryl methyl sites for hydroxylation is 1. The first-order valence-corrected chi connectivity index (χ1v) is 18.0. The van der Waals surface area contributed by atoms with E-state index in [1.54, 1.807) is 30.3 Å². The molecule has 0 aliphatic heterocycles. The number of halogens is 4. The highest BCUT2D eigenvalue weighted by atomic mass is 35.5. The molecule has 47 heavy (non-hydrogen) atoms. The molecule has 0 bridgehead atoms. The van der Waals surface area contributed by atoms with E-state index in [4.69, 9.17) is 46.4 Å². The number of nitrogens with zero attached hydrogens (tertiary/aromatic N) is 2. The number of carbonyl (C=O) groups is 2. The van der Waals surface area contributed by atoms with Crippen molar-refractivity contribution in [1.82, 2.24) is 10.2 Å². The average molecular weight is 736 g/mol. The van der Waals surface area contributed by atoms with E-state index in [2.05, 4.69) is 5.32 Å². The quantitative estimate of drug-likeness (QED) is 0.132. The molecule has 0 aliphatic carbocycles. The molecule has 0 radical (unpaired) electrons. The Kier molecular flexibility index (Phi) is 13.0. The number of amides is 2. The van der Waals surface area contributed by atoms with Gasteiger partial charge in [0.2, 0.25) is 11.8 Å². The number of anilines is 1. The van der Waals surface area contributed by atoms with E-state index in [0.717, 1.165) is 28.3 Å². The Morgan fingerprint density at radius 2 is 1.47 bits per heavy atom. The first kappa shape index (κ1) is 36.6. The van der Waals surface area contributed by atoms with E-state index >= 15 is 0 Å². The molecule has 7 nitrogen and oxygen atoms in total. The Balaban J connectivity index is 1.84. The summed E-state index contributed by atoms with van der Waals surface area (Å²) in [6.45, 7) is 3.44. The minimum absolute atomic E-state index is 0.0270. The predicted octanol–water partition coefficient (Wildman–Crippen LogP) is 8.36. The van der Waals surface area contributed by atoms with Gasteiger partial charge < -0.3 is 10.2 Å². The maximum atomic E-state index is 14.6. The van der Waals surface area contributed by atoms with Gasteiger partial charge in [-0.25, -0.2) is 8.42 Å². The van der Waals surface area contributed by atoms with Gasteiger partial charge in [0.15, 0.2) is 0 Å². The lowest BCUT2D eigenvalue weighted by molar-refractivity contribution is -0.140. The molecule has 1 atom stereocenters. The topological polar surface area (TPSA) is 86.8 Å². The number of nitrogens with one attached hydrogen (secondary N) is 1. The van der Waals surface area contributed by atoms with Crippen molar-refractivity contribution in [3.8, 4) is 0 Å². The molecular weight excluding hydrogens is 700 g/mol. The molecule has 248 valence electrons. The molecule has 4 rings (SSSR count). The molecule has 0 aromatic heterocycles. The lowest BCUT2D eigenvalue weighted by atomic mass is 10.0. The molecule has 12 heteroatoms. The van der Waals surface area contributed by atoms with Gasteiger partial charge in [-0.2, -0.15) is 0 Å². The summed E-state index contributed by atoms with van der Waals surface area (Å²) in [4.78, 5) is 29.8. The number of unbranched alkanes of at least 4 members (excludes halogenated alkanes) is 1. The third-order valence-corrected chi connectivity index (χ3v) is 10.8. The number of benzene rings is 4. The average Bonchev–Trinajstić information content (AvgIpc) is 3.04. The minimum Gasteiger partial charge on any atom is -0.354 e. The molecule has 4 aromatic rings. The lowest BCUT2D eigenvalue weighted by Crippen LogP contribution is -2.53. The number of carbonyl (C=O) groups excluding carboxylic acids is 2. The van der Waals surface area contributed by atoms with Crippen LogP contribution in [0.1, 0.15) is 36.5 Å². The van der Waals surface area contributed by atoms with Crippen LogP contribution in [0.3, 0.4) is 0 Å². The Morgan fingerprint density at radius 1 is 0.809 bits per heavy atom. The van der Waals surface area contributed by atoms with Gasteiger partial charge in [-0.3, -0.25) is 13.9 Å². The lowest BCUT2D eigenvalue weighted by Gasteiger charge is -2.34. The van der Waals surface area contributed by atoms with Crippen LogP contribution in [0.15, 0.2) is 95.9 Å². The summed E-state index contributed by atoms with van der Waals surface area (Å²) in [6, 6.07) is 23.8. The third kappa shape index (κ3) is 9.42. The normalized spacial score (nSPS) is 12.0. The molecule has 0 aliphatic rings. The third-order valence-electron chi connectivity index (χ3n) is 7.57. The van der Waals surface area contributed by atoms with Crippen molar-refractivity contribution >= 4 is 73.9 Å². The highest BCUT2D eigenvalue weighted by Crippen LogP contribution is 2.32. The molecule has 4 aromatic carbocycles. The van der Waals surface area contributed by atoms with Crippen molar-refractivity contribution in [1.29, 1.82) is 0 Å². The molecule has 0 spiro atoms. The smallest absolute Gasteiger partial charge is 0.264 e. The first-order valence-electron chi connectivity index (χ1n) is 15.0. The minimum atomic E-state index is -4.31. The summed E-state index contributed by atoms with van der Waals surface area (Å²) in [5.74, 6) is -1.05. The zero-order valence-corrected chi connectivity index (χ0v) is 29.8. The molecule has 0 saturated carbocycles. The zero-order valence-electron chi connectivity index (χ0n) is 25.9. The standard InChI is InChI=1S/C35H35Cl4N3O4S/c1-3-4-19-40-35(44)33(20-25-9-6-5-7-10-25)41(22-28-29(36)11-8-12-30(28)37)34(43)23-42(26-15-18-31(38)32(39)21-26)47(45,46)27-16-13-24(2)14-17-27/h5-18,21,33H,3-4,19-20,22-23H2,1-2H3,(H,40,44)/t33-/m1/s1. The highest BCUT2D eigenvalue weighted by molar-refractivity contribution is 7.92. The van der Waals surface area contributed by atoms with Crippen LogP contribution in [0.5, 0.6) is 0 Å². The Bertz CT molecular complexity index is 1790. The van der Waals surface area contributed by atoms with Crippen LogP contribution in [-0.2, 0) is 32.6 Å². The molecule has 0 unspecified atom stereocenters. The zero-order chi connectivity index (χ0) is 34.1. The second-order valence-electron chi connectivity index (χ2n) is 11.0. The summed E-state index contributed by atoms with van der Waals surface area (Å²) < 4.78 is 29.4. The van der Waals surface area contributed by atoms with Gasteiger partial charge in [-0.1, -0.05) is 114 Å². The fourth-order valence-corrected chi connectivity index (χ4v) is 7.14. The van der Waals surface area contributed by atoms with Crippen LogP contribution in [0, 0.1) is 6.92 Å². The van der Waals surface area contributed by atoms with Gasteiger partial charge >= 0.3 is 0 Å². The fraction of sp³-hybridized carbons (Fsp3) is 0.257. The second-order valence-corrected chi connectivity index (χ2v) is 14.5. The molecule has 2 amide bonds. The maximum Gasteiger partial charge on any atom is 0.264 e. The monoisotopic (exact) mass is 733 g/mol. The van der Waals surface area contributed by atoms with Gasteiger partial charge in [-0.15, -0.1) is 0 Å². The SMILES string of the molecule is CCCCNC(=O)[C@@H](Cc1ccccc1)N(Cc1c(Cl)cccc1Cl)C(=O)CN(c1ccc(Cl)c(Cl)c1)S(=O)(=O)c1ccc(C)cc1. The van der Waals surface area contributed by atoms with E-state index in [0.29, 0.717) is 22.2 Å². The molecule has 0 saturated heterocycles. The van der Waals surface area contributed by atoms with E-state index in [1.807, 2.05) is 44.2 Å². The largest absolute Gasteiger partial charge is 0.354 e. The van der Waals surface area contributed by atoms with E-state index < -0.39 is 28.5 Å². The van der Waals surface area contributed by atoms with Crippen LogP contribution >= 0.6 is 46.4 Å². The Hall–Kier alpha value is -3.27. The van der Waals surface area contributed by atoms with Crippen LogP contribution in [0.2, 0.25) is 20.1 Å². The van der Waals surface area contributed by atoms with Crippen LogP contribution < -0.4 is 9.62 Å². The molecular formula is C35H35Cl4N3O4S. The van der Waals surface area contributed by atoms with Gasteiger partial charge in [-0.05, 0) is 61.4 Å². The van der Waals surface area contributed by atoms with Crippen LogP contribution in [0.25, 0.3) is 0 Å². The van der Waals surface area contributed by atoms with Crippen molar-refractivity contribution in [2.24, 2.45) is 0 Å². The number of hydrogen-bond donors (Lipinski definition) is 1. The van der Waals surface area contributed by atoms with Crippen LogP contribution in [0.4, 0.5) is 5.69 Å². The molecule has 0 fully saturated rings. The summed E-state index contributed by atoms with van der Waals surface area (Å²) in [7, 11) is -4.31. The number of hydrogen-bond acceptors (Lipinski definition) is 4. The second kappa shape index (κ2) is 16.7. The van der Waals surface area contributed by atoms with Crippen molar-refractivity contribution < 1.29 is 18.0 Å². The molecule has 1 N–H and O–H groups in total. The number of sulfonamides is 1. The van der Waals surface area contributed by atoms with Crippen molar-refractivity contribution in [3.63, 3.8) is 0 Å². The van der Waals surface area contributed by atoms with Crippen LogP contribution in [-0.4, -0.2) is 44.3 Å². The van der Waals surface area contributed by atoms with E-state index in [9.17, 15) is 18.0 Å². The summed E-state index contributed by atoms with van der Waals surface area (Å²) in [5, 5.41) is 3.88. The first-order chi connectivity index (χ1) is 22.4. The summed E-state index contributed by atoms with van der Waals surface area (Å²) in [6.07, 6.45) is 1.76. The van der Waals surface area contributed by atoms with E-state index in [-0.39, 0.29) is 39.5 Å². The van der Waals surface area contributed by atoms with Crippen molar-refractivity contribution in [2.45, 2.75) is 50.6 Å².